The summed E-state index contributed by atoms with van der Waals surface area (Å²) in [6.07, 6.45) is 0.822. The molecule has 0 aliphatic carbocycles. The van der Waals surface area contributed by atoms with Gasteiger partial charge in [-0.05, 0) is 58.2 Å². The molecule has 112 valence electrons. The molecule has 1 rings (SSSR count). The highest BCUT2D eigenvalue weighted by Crippen LogP contribution is 2.25. The van der Waals surface area contributed by atoms with Crippen molar-refractivity contribution in [2.24, 2.45) is 5.73 Å². The van der Waals surface area contributed by atoms with E-state index >= 15 is 0 Å². The smallest absolute Gasteiger partial charge is 0.349 e. The number of ether oxygens (including phenoxy) is 2. The molecule has 0 amide bonds. The van der Waals surface area contributed by atoms with Gasteiger partial charge in [-0.25, -0.2) is 4.79 Å². The molecule has 0 spiro atoms. The summed E-state index contributed by atoms with van der Waals surface area (Å²) in [5.41, 5.74) is 6.95. The Balaban J connectivity index is 2.85. The minimum Gasteiger partial charge on any atom is -0.476 e. The number of esters is 1. The van der Waals surface area contributed by atoms with Crippen LogP contribution in [0, 0.1) is 6.92 Å². The highest BCUT2D eigenvalue weighted by atomic mass is 16.6. The fraction of sp³-hybridized carbons (Fsp3) is 0.562. The molecule has 1 aromatic rings. The van der Waals surface area contributed by atoms with E-state index in [0.717, 1.165) is 12.0 Å². The molecule has 0 heterocycles. The normalized spacial score (nSPS) is 12.9. The van der Waals surface area contributed by atoms with Crippen molar-refractivity contribution >= 4 is 5.97 Å². The van der Waals surface area contributed by atoms with E-state index < -0.39 is 5.60 Å². The van der Waals surface area contributed by atoms with Gasteiger partial charge in [0.2, 0.25) is 0 Å². The first kappa shape index (κ1) is 16.5. The van der Waals surface area contributed by atoms with Crippen LogP contribution < -0.4 is 10.5 Å². The number of carbonyl (C=O) groups excluding carboxylic acids is 1. The van der Waals surface area contributed by atoms with Crippen LogP contribution in [0.4, 0.5) is 0 Å². The first-order valence-electron chi connectivity index (χ1n) is 6.97. The topological polar surface area (TPSA) is 61.5 Å². The van der Waals surface area contributed by atoms with Crippen molar-refractivity contribution in [2.45, 2.75) is 52.7 Å². The maximum absolute atomic E-state index is 11.8. The molecular formula is C16H25NO3. The van der Waals surface area contributed by atoms with E-state index in [1.165, 1.54) is 5.56 Å². The number of hydrogen-bond donors (Lipinski definition) is 1. The molecule has 0 aliphatic heterocycles. The van der Waals surface area contributed by atoms with Crippen LogP contribution in [0.25, 0.3) is 0 Å². The molecule has 2 N–H and O–H groups in total. The van der Waals surface area contributed by atoms with Crippen LogP contribution in [0.1, 0.15) is 38.8 Å². The molecule has 0 radical (unpaired) electrons. The Morgan fingerprint density at radius 3 is 2.55 bits per heavy atom. The number of nitrogens with two attached hydrogens (primary N) is 1. The maximum Gasteiger partial charge on any atom is 0.349 e. The minimum absolute atomic E-state index is 0.122. The fourth-order valence-electron chi connectivity index (χ4n) is 1.95. The molecule has 4 heteroatoms. The van der Waals surface area contributed by atoms with Gasteiger partial charge in [0, 0.05) is 6.04 Å². The van der Waals surface area contributed by atoms with E-state index in [0.29, 0.717) is 12.4 Å². The molecule has 1 aromatic carbocycles. The van der Waals surface area contributed by atoms with Gasteiger partial charge in [0.05, 0.1) is 6.61 Å². The zero-order valence-electron chi connectivity index (χ0n) is 13.0. The van der Waals surface area contributed by atoms with Crippen molar-refractivity contribution in [3.8, 4) is 5.75 Å². The van der Waals surface area contributed by atoms with Gasteiger partial charge in [-0.3, -0.25) is 0 Å². The number of hydrogen-bond acceptors (Lipinski definition) is 4. The SMILES string of the molecule is CCOC(=O)C(C)(C)Oc1ccc(CC(C)N)cc1C. The van der Waals surface area contributed by atoms with E-state index in [2.05, 4.69) is 0 Å². The van der Waals surface area contributed by atoms with Gasteiger partial charge in [-0.2, -0.15) is 0 Å². The number of carbonyl (C=O) groups is 1. The monoisotopic (exact) mass is 279 g/mol. The average molecular weight is 279 g/mol. The summed E-state index contributed by atoms with van der Waals surface area (Å²) >= 11 is 0. The Labute approximate surface area is 121 Å². The lowest BCUT2D eigenvalue weighted by molar-refractivity contribution is -0.158. The van der Waals surface area contributed by atoms with E-state index in [1.807, 2.05) is 32.0 Å². The highest BCUT2D eigenvalue weighted by Gasteiger charge is 2.32. The van der Waals surface area contributed by atoms with Gasteiger partial charge in [0.1, 0.15) is 5.75 Å². The van der Waals surface area contributed by atoms with Gasteiger partial charge in [0.25, 0.3) is 0 Å². The Hall–Kier alpha value is -1.55. The van der Waals surface area contributed by atoms with Crippen LogP contribution >= 0.6 is 0 Å². The summed E-state index contributed by atoms with van der Waals surface area (Å²) in [5, 5.41) is 0. The summed E-state index contributed by atoms with van der Waals surface area (Å²) < 4.78 is 10.8. The molecular weight excluding hydrogens is 254 g/mol. The van der Waals surface area contributed by atoms with Crippen LogP contribution in [-0.2, 0) is 16.0 Å². The van der Waals surface area contributed by atoms with Crippen molar-refractivity contribution in [2.75, 3.05) is 6.61 Å². The standard InChI is InChI=1S/C16H25NO3/c1-6-19-15(18)16(4,5)20-14-8-7-13(9-11(14)2)10-12(3)17/h7-9,12H,6,10,17H2,1-5H3. The predicted octanol–water partition coefficient (Wildman–Crippen LogP) is 2.61. The first-order valence-corrected chi connectivity index (χ1v) is 6.97. The second-order valence-corrected chi connectivity index (χ2v) is 5.61. The second-order valence-electron chi connectivity index (χ2n) is 5.61. The highest BCUT2D eigenvalue weighted by molar-refractivity contribution is 5.79. The van der Waals surface area contributed by atoms with Crippen LogP contribution in [0.5, 0.6) is 5.75 Å². The van der Waals surface area contributed by atoms with Crippen LogP contribution in [0.3, 0.4) is 0 Å². The second kappa shape index (κ2) is 6.75. The maximum atomic E-state index is 11.8. The third-order valence-electron chi connectivity index (χ3n) is 2.93. The van der Waals surface area contributed by atoms with Crippen molar-refractivity contribution in [1.82, 2.24) is 0 Å². The number of rotatable bonds is 6. The molecule has 0 aliphatic rings. The van der Waals surface area contributed by atoms with Crippen molar-refractivity contribution in [3.05, 3.63) is 29.3 Å². The van der Waals surface area contributed by atoms with Crippen molar-refractivity contribution in [1.29, 1.82) is 0 Å². The fourth-order valence-corrected chi connectivity index (χ4v) is 1.95. The van der Waals surface area contributed by atoms with Gasteiger partial charge >= 0.3 is 5.97 Å². The van der Waals surface area contributed by atoms with E-state index in [9.17, 15) is 4.79 Å². The van der Waals surface area contributed by atoms with Gasteiger partial charge in [-0.1, -0.05) is 12.1 Å². The Morgan fingerprint density at radius 2 is 2.05 bits per heavy atom. The Kier molecular flexibility index (Phi) is 5.57. The summed E-state index contributed by atoms with van der Waals surface area (Å²) in [7, 11) is 0. The molecule has 0 aromatic heterocycles. The quantitative estimate of drug-likeness (QED) is 0.813. The zero-order chi connectivity index (χ0) is 15.3. The zero-order valence-corrected chi connectivity index (χ0v) is 13.0. The van der Waals surface area contributed by atoms with E-state index in [-0.39, 0.29) is 12.0 Å². The lowest BCUT2D eigenvalue weighted by atomic mass is 10.0. The molecule has 0 fully saturated rings. The number of benzene rings is 1. The lowest BCUT2D eigenvalue weighted by Gasteiger charge is -2.25. The van der Waals surface area contributed by atoms with Gasteiger partial charge < -0.3 is 15.2 Å². The summed E-state index contributed by atoms with van der Waals surface area (Å²) in [6.45, 7) is 9.48. The van der Waals surface area contributed by atoms with Crippen LogP contribution in [0.2, 0.25) is 0 Å². The van der Waals surface area contributed by atoms with Crippen molar-refractivity contribution < 1.29 is 14.3 Å². The molecule has 1 unspecified atom stereocenters. The molecule has 0 bridgehead atoms. The van der Waals surface area contributed by atoms with Gasteiger partial charge in [0.15, 0.2) is 5.60 Å². The minimum atomic E-state index is -0.997. The van der Waals surface area contributed by atoms with Crippen LogP contribution in [0.15, 0.2) is 18.2 Å². The molecule has 0 saturated heterocycles. The van der Waals surface area contributed by atoms with Crippen LogP contribution in [-0.4, -0.2) is 24.2 Å². The Morgan fingerprint density at radius 1 is 1.40 bits per heavy atom. The molecule has 4 nitrogen and oxygen atoms in total. The largest absolute Gasteiger partial charge is 0.476 e. The first-order chi connectivity index (χ1) is 9.26. The third-order valence-corrected chi connectivity index (χ3v) is 2.93. The molecule has 1 atom stereocenters. The average Bonchev–Trinajstić information content (AvgIpc) is 2.32. The third kappa shape index (κ3) is 4.53. The molecule has 0 saturated carbocycles. The molecule has 20 heavy (non-hydrogen) atoms. The lowest BCUT2D eigenvalue weighted by Crippen LogP contribution is -2.39. The van der Waals surface area contributed by atoms with Crippen molar-refractivity contribution in [3.63, 3.8) is 0 Å². The summed E-state index contributed by atoms with van der Waals surface area (Å²) in [4.78, 5) is 11.8. The van der Waals surface area contributed by atoms with Gasteiger partial charge in [-0.15, -0.1) is 0 Å². The predicted molar refractivity (Wildman–Crippen MR) is 79.9 cm³/mol. The number of aryl methyl sites for hydroxylation is 1. The van der Waals surface area contributed by atoms with E-state index in [4.69, 9.17) is 15.2 Å². The summed E-state index contributed by atoms with van der Waals surface area (Å²) in [5.74, 6) is 0.329. The summed E-state index contributed by atoms with van der Waals surface area (Å²) in [6, 6.07) is 6.03. The Bertz CT molecular complexity index is 467. The van der Waals surface area contributed by atoms with E-state index in [1.54, 1.807) is 20.8 Å².